The van der Waals surface area contributed by atoms with Gasteiger partial charge in [-0.1, -0.05) is 48.5 Å². The molecule has 4 heteroatoms. The molecule has 0 heterocycles. The van der Waals surface area contributed by atoms with Crippen molar-refractivity contribution in [1.82, 2.24) is 5.32 Å². The summed E-state index contributed by atoms with van der Waals surface area (Å²) in [6, 6.07) is 24.5. The maximum atomic E-state index is 12.6. The van der Waals surface area contributed by atoms with E-state index in [1.807, 2.05) is 66.7 Å². The van der Waals surface area contributed by atoms with Gasteiger partial charge in [-0.15, -0.1) is 0 Å². The highest BCUT2D eigenvalue weighted by Gasteiger charge is 2.12. The van der Waals surface area contributed by atoms with Crippen LogP contribution in [0.3, 0.4) is 0 Å². The summed E-state index contributed by atoms with van der Waals surface area (Å²) in [4.78, 5) is 12.6. The van der Waals surface area contributed by atoms with Crippen molar-refractivity contribution in [1.29, 1.82) is 0 Å². The summed E-state index contributed by atoms with van der Waals surface area (Å²) >= 11 is 0. The summed E-state index contributed by atoms with van der Waals surface area (Å²) < 4.78 is 11.2. The smallest absolute Gasteiger partial charge is 0.255 e. The molecule has 0 atom stereocenters. The molecule has 0 bridgehead atoms. The molecule has 0 aliphatic rings. The molecular formula is C22H21NO3. The van der Waals surface area contributed by atoms with Crippen LogP contribution in [0.5, 0.6) is 17.2 Å². The molecule has 0 radical (unpaired) electrons. The predicted molar refractivity (Wildman–Crippen MR) is 102 cm³/mol. The van der Waals surface area contributed by atoms with Crippen molar-refractivity contribution in [3.63, 3.8) is 0 Å². The standard InChI is InChI=1S/C22H21NO3/c1-25-20-13-7-5-9-17(20)15-16-23-22(24)19-12-6-8-14-21(19)26-18-10-3-2-4-11-18/h2-14H,15-16H2,1H3,(H,23,24). The van der Waals surface area contributed by atoms with Gasteiger partial charge in [-0.2, -0.15) is 0 Å². The van der Waals surface area contributed by atoms with Gasteiger partial charge in [-0.05, 0) is 42.3 Å². The zero-order valence-corrected chi connectivity index (χ0v) is 14.6. The lowest BCUT2D eigenvalue weighted by molar-refractivity contribution is 0.0951. The van der Waals surface area contributed by atoms with Gasteiger partial charge >= 0.3 is 0 Å². The Morgan fingerprint density at radius 3 is 2.27 bits per heavy atom. The Bertz CT molecular complexity index is 862. The van der Waals surface area contributed by atoms with Crippen molar-refractivity contribution in [3.05, 3.63) is 90.0 Å². The minimum absolute atomic E-state index is 0.161. The summed E-state index contributed by atoms with van der Waals surface area (Å²) in [6.45, 7) is 0.513. The first kappa shape index (κ1) is 17.5. The molecule has 0 aromatic heterocycles. The number of nitrogens with one attached hydrogen (secondary N) is 1. The SMILES string of the molecule is COc1ccccc1CCNC(=O)c1ccccc1Oc1ccccc1. The normalized spacial score (nSPS) is 10.2. The molecule has 0 spiro atoms. The van der Waals surface area contributed by atoms with Gasteiger partial charge in [-0.25, -0.2) is 0 Å². The van der Waals surface area contributed by atoms with E-state index in [0.29, 0.717) is 30.0 Å². The van der Waals surface area contributed by atoms with Crippen LogP contribution in [0.4, 0.5) is 0 Å². The molecule has 0 aliphatic heterocycles. The molecule has 4 nitrogen and oxygen atoms in total. The number of ether oxygens (including phenoxy) is 2. The van der Waals surface area contributed by atoms with E-state index < -0.39 is 0 Å². The van der Waals surface area contributed by atoms with Gasteiger partial charge < -0.3 is 14.8 Å². The summed E-state index contributed by atoms with van der Waals surface area (Å²) in [6.07, 6.45) is 0.692. The summed E-state index contributed by atoms with van der Waals surface area (Å²) in [5.74, 6) is 1.90. The van der Waals surface area contributed by atoms with Crippen LogP contribution in [0.1, 0.15) is 15.9 Å². The number of hydrogen-bond acceptors (Lipinski definition) is 3. The van der Waals surface area contributed by atoms with Crippen molar-refractivity contribution in [2.75, 3.05) is 13.7 Å². The summed E-state index contributed by atoms with van der Waals surface area (Å²) in [5.41, 5.74) is 1.57. The monoisotopic (exact) mass is 347 g/mol. The van der Waals surface area contributed by atoms with Crippen LogP contribution >= 0.6 is 0 Å². The molecular weight excluding hydrogens is 326 g/mol. The first-order chi connectivity index (χ1) is 12.8. The minimum Gasteiger partial charge on any atom is -0.496 e. The van der Waals surface area contributed by atoms with Gasteiger partial charge in [-0.3, -0.25) is 4.79 Å². The van der Waals surface area contributed by atoms with E-state index >= 15 is 0 Å². The molecule has 1 amide bonds. The molecule has 0 saturated heterocycles. The van der Waals surface area contributed by atoms with Crippen molar-refractivity contribution in [3.8, 4) is 17.2 Å². The second-order valence-corrected chi connectivity index (χ2v) is 5.73. The highest BCUT2D eigenvalue weighted by Crippen LogP contribution is 2.25. The molecule has 1 N–H and O–H groups in total. The molecule has 0 unspecified atom stereocenters. The highest BCUT2D eigenvalue weighted by molar-refractivity contribution is 5.97. The van der Waals surface area contributed by atoms with Gasteiger partial charge in [0.15, 0.2) is 0 Å². The van der Waals surface area contributed by atoms with Crippen molar-refractivity contribution < 1.29 is 14.3 Å². The number of hydrogen-bond donors (Lipinski definition) is 1. The van der Waals surface area contributed by atoms with E-state index in [1.54, 1.807) is 19.2 Å². The van der Waals surface area contributed by atoms with E-state index in [4.69, 9.17) is 9.47 Å². The fourth-order valence-electron chi connectivity index (χ4n) is 2.67. The number of methoxy groups -OCH3 is 1. The molecule has 3 aromatic carbocycles. The number of amides is 1. The summed E-state index contributed by atoms with van der Waals surface area (Å²) in [5, 5.41) is 2.95. The van der Waals surface area contributed by atoms with Crippen molar-refractivity contribution in [2.24, 2.45) is 0 Å². The van der Waals surface area contributed by atoms with Gasteiger partial charge in [0.1, 0.15) is 17.2 Å². The van der Waals surface area contributed by atoms with E-state index in [-0.39, 0.29) is 5.91 Å². The van der Waals surface area contributed by atoms with E-state index in [2.05, 4.69) is 5.32 Å². The van der Waals surface area contributed by atoms with Crippen LogP contribution in [0, 0.1) is 0 Å². The minimum atomic E-state index is -0.161. The maximum Gasteiger partial charge on any atom is 0.255 e. The van der Waals surface area contributed by atoms with E-state index in [9.17, 15) is 4.79 Å². The number of carbonyl (C=O) groups is 1. The average molecular weight is 347 g/mol. The van der Waals surface area contributed by atoms with Gasteiger partial charge in [0, 0.05) is 6.54 Å². The first-order valence-electron chi connectivity index (χ1n) is 8.50. The van der Waals surface area contributed by atoms with E-state index in [0.717, 1.165) is 11.3 Å². The molecule has 0 aliphatic carbocycles. The number of rotatable bonds is 7. The second-order valence-electron chi connectivity index (χ2n) is 5.73. The zero-order chi connectivity index (χ0) is 18.2. The van der Waals surface area contributed by atoms with Crippen LogP contribution in [-0.4, -0.2) is 19.6 Å². The molecule has 132 valence electrons. The fourth-order valence-corrected chi connectivity index (χ4v) is 2.67. The Morgan fingerprint density at radius 2 is 1.50 bits per heavy atom. The molecule has 0 saturated carbocycles. The summed E-state index contributed by atoms with van der Waals surface area (Å²) in [7, 11) is 1.65. The largest absolute Gasteiger partial charge is 0.496 e. The van der Waals surface area contributed by atoms with Crippen molar-refractivity contribution >= 4 is 5.91 Å². The lowest BCUT2D eigenvalue weighted by Crippen LogP contribution is -2.26. The third-order valence-corrected chi connectivity index (χ3v) is 3.98. The fraction of sp³-hybridized carbons (Fsp3) is 0.136. The lowest BCUT2D eigenvalue weighted by Gasteiger charge is -2.12. The van der Waals surface area contributed by atoms with Gasteiger partial charge in [0.2, 0.25) is 0 Å². The average Bonchev–Trinajstić information content (AvgIpc) is 2.69. The highest BCUT2D eigenvalue weighted by atomic mass is 16.5. The van der Waals surface area contributed by atoms with Gasteiger partial charge in [0.25, 0.3) is 5.91 Å². The Morgan fingerprint density at radius 1 is 0.846 bits per heavy atom. The third kappa shape index (κ3) is 4.42. The Balaban J connectivity index is 1.65. The zero-order valence-electron chi connectivity index (χ0n) is 14.6. The molecule has 3 rings (SSSR count). The molecule has 26 heavy (non-hydrogen) atoms. The third-order valence-electron chi connectivity index (χ3n) is 3.98. The van der Waals surface area contributed by atoms with E-state index in [1.165, 1.54) is 0 Å². The molecule has 3 aromatic rings. The number of para-hydroxylation sites is 3. The van der Waals surface area contributed by atoms with Crippen LogP contribution in [0.25, 0.3) is 0 Å². The lowest BCUT2D eigenvalue weighted by atomic mass is 10.1. The quantitative estimate of drug-likeness (QED) is 0.686. The van der Waals surface area contributed by atoms with Gasteiger partial charge in [0.05, 0.1) is 12.7 Å². The van der Waals surface area contributed by atoms with Crippen LogP contribution < -0.4 is 14.8 Å². The topological polar surface area (TPSA) is 47.6 Å². The van der Waals surface area contributed by atoms with Crippen LogP contribution in [0.2, 0.25) is 0 Å². The second kappa shape index (κ2) is 8.72. The maximum absolute atomic E-state index is 12.6. The molecule has 0 fully saturated rings. The predicted octanol–water partition coefficient (Wildman–Crippen LogP) is 4.46. The van der Waals surface area contributed by atoms with Crippen LogP contribution in [0.15, 0.2) is 78.9 Å². The number of carbonyl (C=O) groups excluding carboxylic acids is 1. The Hall–Kier alpha value is -3.27. The Kier molecular flexibility index (Phi) is 5.88. The van der Waals surface area contributed by atoms with Crippen LogP contribution in [-0.2, 0) is 6.42 Å². The first-order valence-corrected chi connectivity index (χ1v) is 8.50. The number of benzene rings is 3. The Labute approximate surface area is 153 Å². The van der Waals surface area contributed by atoms with Crippen molar-refractivity contribution in [2.45, 2.75) is 6.42 Å².